The minimum atomic E-state index is -5.01. The van der Waals surface area contributed by atoms with Gasteiger partial charge < -0.3 is 9.47 Å². The van der Waals surface area contributed by atoms with E-state index in [-0.39, 0.29) is 17.8 Å². The molecule has 2 rings (SSSR count). The molecule has 1 aromatic carbocycles. The van der Waals surface area contributed by atoms with Crippen LogP contribution in [0.25, 0.3) is 0 Å². The van der Waals surface area contributed by atoms with E-state index in [1.54, 1.807) is 6.92 Å². The maximum Gasteiger partial charge on any atom is 0.432 e. The molecule has 0 amide bonds. The molecule has 0 N–H and O–H groups in total. The van der Waals surface area contributed by atoms with Gasteiger partial charge in [0.15, 0.2) is 5.78 Å². The molecule has 7 heteroatoms. The molecule has 0 aromatic heterocycles. The molecule has 1 aliphatic rings. The Morgan fingerprint density at radius 1 is 1.21 bits per heavy atom. The average molecular weight is 342 g/mol. The number of hydrogen-bond donors (Lipinski definition) is 0. The molecule has 4 nitrogen and oxygen atoms in total. The van der Waals surface area contributed by atoms with Crippen LogP contribution in [0.2, 0.25) is 0 Å². The first-order valence-electron chi connectivity index (χ1n) is 7.33. The summed E-state index contributed by atoms with van der Waals surface area (Å²) in [5.41, 5.74) is -3.58. The van der Waals surface area contributed by atoms with E-state index >= 15 is 0 Å². The van der Waals surface area contributed by atoms with Crippen molar-refractivity contribution in [2.45, 2.75) is 31.2 Å². The summed E-state index contributed by atoms with van der Waals surface area (Å²) < 4.78 is 50.8. The standard InChI is InChI=1S/C17H17F3O4/c1-11-10-13(8-9-14(11)21)24-15(22)16(23-2,17(18,19)20)12-6-4-3-5-7-12/h3-9,11,13H,10H2,1-2H3/t11-,13+,16+/m1/s1. The number of alkyl halides is 3. The fourth-order valence-electron chi connectivity index (χ4n) is 2.60. The monoisotopic (exact) mass is 342 g/mol. The highest BCUT2D eigenvalue weighted by atomic mass is 19.4. The van der Waals surface area contributed by atoms with Gasteiger partial charge in [-0.3, -0.25) is 4.79 Å². The summed E-state index contributed by atoms with van der Waals surface area (Å²) >= 11 is 0. The van der Waals surface area contributed by atoms with Gasteiger partial charge in [-0.1, -0.05) is 37.3 Å². The number of allylic oxidation sites excluding steroid dienone is 1. The minimum absolute atomic E-state index is 0.132. The van der Waals surface area contributed by atoms with Gasteiger partial charge in [-0.05, 0) is 18.6 Å². The predicted octanol–water partition coefficient (Wildman–Crippen LogP) is 3.17. The molecule has 0 saturated heterocycles. The fraction of sp³-hybridized carbons (Fsp3) is 0.412. The molecular formula is C17H17F3O4. The third kappa shape index (κ3) is 3.21. The van der Waals surface area contributed by atoms with Crippen molar-refractivity contribution < 1.29 is 32.2 Å². The van der Waals surface area contributed by atoms with Crippen LogP contribution in [0.5, 0.6) is 0 Å². The van der Waals surface area contributed by atoms with Crippen molar-refractivity contribution in [2.24, 2.45) is 5.92 Å². The lowest BCUT2D eigenvalue weighted by Crippen LogP contribution is -2.52. The Bertz CT molecular complexity index is 639. The third-order valence-electron chi connectivity index (χ3n) is 3.98. The smallest absolute Gasteiger partial charge is 0.432 e. The molecule has 0 saturated carbocycles. The van der Waals surface area contributed by atoms with Crippen LogP contribution in [-0.4, -0.2) is 31.1 Å². The SMILES string of the molecule is CO[C@](C(=O)O[C@H]1C=CC(=O)[C@H](C)C1)(c1ccccc1)C(F)(F)F. The second-order valence-corrected chi connectivity index (χ2v) is 5.59. The largest absolute Gasteiger partial charge is 0.455 e. The summed E-state index contributed by atoms with van der Waals surface area (Å²) in [6.07, 6.45) is -3.28. The van der Waals surface area contributed by atoms with E-state index in [0.29, 0.717) is 0 Å². The Morgan fingerprint density at radius 2 is 1.83 bits per heavy atom. The van der Waals surface area contributed by atoms with Gasteiger partial charge in [-0.2, -0.15) is 13.2 Å². The lowest BCUT2D eigenvalue weighted by atomic mass is 9.91. The first kappa shape index (κ1) is 18.2. The van der Waals surface area contributed by atoms with Crippen molar-refractivity contribution in [1.29, 1.82) is 0 Å². The molecule has 1 aliphatic carbocycles. The molecule has 0 heterocycles. The molecule has 0 radical (unpaired) electrons. The van der Waals surface area contributed by atoms with Crippen molar-refractivity contribution in [3.8, 4) is 0 Å². The van der Waals surface area contributed by atoms with Crippen LogP contribution in [0.3, 0.4) is 0 Å². The van der Waals surface area contributed by atoms with Crippen molar-refractivity contribution in [1.82, 2.24) is 0 Å². The van der Waals surface area contributed by atoms with Crippen LogP contribution in [0.4, 0.5) is 13.2 Å². The first-order chi connectivity index (χ1) is 11.2. The Hall–Kier alpha value is -2.15. The molecule has 0 bridgehead atoms. The third-order valence-corrected chi connectivity index (χ3v) is 3.98. The highest BCUT2D eigenvalue weighted by molar-refractivity contribution is 5.92. The molecule has 0 unspecified atom stereocenters. The van der Waals surface area contributed by atoms with Crippen LogP contribution in [-0.2, 0) is 24.7 Å². The van der Waals surface area contributed by atoms with Crippen LogP contribution < -0.4 is 0 Å². The number of rotatable bonds is 4. The van der Waals surface area contributed by atoms with Gasteiger partial charge in [-0.15, -0.1) is 0 Å². The van der Waals surface area contributed by atoms with Crippen LogP contribution in [0.1, 0.15) is 18.9 Å². The first-order valence-corrected chi connectivity index (χ1v) is 7.33. The van der Waals surface area contributed by atoms with E-state index < -0.39 is 29.8 Å². The van der Waals surface area contributed by atoms with Gasteiger partial charge >= 0.3 is 12.1 Å². The van der Waals surface area contributed by atoms with Crippen molar-refractivity contribution in [3.63, 3.8) is 0 Å². The zero-order valence-corrected chi connectivity index (χ0v) is 13.2. The van der Waals surface area contributed by atoms with Crippen LogP contribution >= 0.6 is 0 Å². The van der Waals surface area contributed by atoms with Crippen molar-refractivity contribution in [3.05, 3.63) is 48.0 Å². The zero-order valence-electron chi connectivity index (χ0n) is 13.2. The number of esters is 1. The predicted molar refractivity (Wildman–Crippen MR) is 79.0 cm³/mol. The maximum absolute atomic E-state index is 13.7. The highest BCUT2D eigenvalue weighted by Crippen LogP contribution is 2.43. The fourth-order valence-corrected chi connectivity index (χ4v) is 2.60. The summed E-state index contributed by atoms with van der Waals surface area (Å²) in [6.45, 7) is 1.62. The molecule has 0 fully saturated rings. The molecular weight excluding hydrogens is 325 g/mol. The summed E-state index contributed by atoms with van der Waals surface area (Å²) in [4.78, 5) is 23.8. The molecule has 0 spiro atoms. The lowest BCUT2D eigenvalue weighted by Gasteiger charge is -2.34. The normalized spacial score (nSPS) is 23.6. The Morgan fingerprint density at radius 3 is 2.33 bits per heavy atom. The van der Waals surface area contributed by atoms with Gasteiger partial charge in [0.05, 0.1) is 0 Å². The van der Waals surface area contributed by atoms with Crippen LogP contribution in [0, 0.1) is 5.92 Å². The van der Waals surface area contributed by atoms with Gasteiger partial charge in [-0.25, -0.2) is 4.79 Å². The molecule has 1 aromatic rings. The summed E-state index contributed by atoms with van der Waals surface area (Å²) in [5, 5.41) is 0. The number of ketones is 1. The highest BCUT2D eigenvalue weighted by Gasteiger charge is 2.64. The van der Waals surface area contributed by atoms with Crippen molar-refractivity contribution >= 4 is 11.8 Å². The number of hydrogen-bond acceptors (Lipinski definition) is 4. The van der Waals surface area contributed by atoms with Crippen LogP contribution in [0.15, 0.2) is 42.5 Å². The number of ether oxygens (including phenoxy) is 2. The number of carbonyl (C=O) groups excluding carboxylic acids is 2. The van der Waals surface area contributed by atoms with E-state index in [9.17, 15) is 22.8 Å². The quantitative estimate of drug-likeness (QED) is 0.789. The van der Waals surface area contributed by atoms with Crippen molar-refractivity contribution in [2.75, 3.05) is 7.11 Å². The number of benzene rings is 1. The van der Waals surface area contributed by atoms with Gasteiger partial charge in [0.1, 0.15) is 6.10 Å². The average Bonchev–Trinajstić information content (AvgIpc) is 2.52. The van der Waals surface area contributed by atoms with E-state index in [0.717, 1.165) is 19.2 Å². The number of carbonyl (C=O) groups is 2. The Kier molecular flexibility index (Phi) is 5.13. The number of halogens is 3. The summed E-state index contributed by atoms with van der Waals surface area (Å²) in [6, 6.07) is 6.60. The summed E-state index contributed by atoms with van der Waals surface area (Å²) in [5.74, 6) is -2.13. The van der Waals surface area contributed by atoms with Gasteiger partial charge in [0.2, 0.25) is 0 Å². The van der Waals surface area contributed by atoms with E-state index in [1.165, 1.54) is 30.4 Å². The van der Waals surface area contributed by atoms with Gasteiger partial charge in [0.25, 0.3) is 5.60 Å². The molecule has 130 valence electrons. The topological polar surface area (TPSA) is 52.6 Å². The Labute approximate surface area is 137 Å². The van der Waals surface area contributed by atoms with Gasteiger partial charge in [0, 0.05) is 18.6 Å². The second-order valence-electron chi connectivity index (χ2n) is 5.59. The molecule has 0 aliphatic heterocycles. The lowest BCUT2D eigenvalue weighted by molar-refractivity contribution is -0.277. The second kappa shape index (κ2) is 6.76. The zero-order chi connectivity index (χ0) is 18.0. The minimum Gasteiger partial charge on any atom is -0.455 e. The van der Waals surface area contributed by atoms with E-state index in [1.807, 2.05) is 0 Å². The molecule has 3 atom stereocenters. The molecule has 24 heavy (non-hydrogen) atoms. The maximum atomic E-state index is 13.7. The van der Waals surface area contributed by atoms with E-state index in [2.05, 4.69) is 4.74 Å². The number of methoxy groups -OCH3 is 1. The van der Waals surface area contributed by atoms with E-state index in [4.69, 9.17) is 4.74 Å². The summed E-state index contributed by atoms with van der Waals surface area (Å²) in [7, 11) is 0.810. The Balaban J connectivity index is 2.36.